The Hall–Kier alpha value is -1.89. The number of thiazole rings is 1. The fraction of sp³-hybridized carbons (Fsp3) is 0.562. The van der Waals surface area contributed by atoms with Gasteiger partial charge in [0, 0.05) is 6.20 Å². The number of urea groups is 1. The van der Waals surface area contributed by atoms with Gasteiger partial charge in [-0.05, 0) is 38.5 Å². The molecule has 2 N–H and O–H groups in total. The van der Waals surface area contributed by atoms with Crippen molar-refractivity contribution in [3.63, 3.8) is 0 Å². The SMILES string of the molecule is Cc1nc(CC(C)C)c(NC(=O)Nc2cnn(C3CCC3)c2)s1. The molecule has 23 heavy (non-hydrogen) atoms. The molecule has 124 valence electrons. The molecule has 2 aromatic heterocycles. The van der Waals surface area contributed by atoms with Gasteiger partial charge in [0.15, 0.2) is 0 Å². The van der Waals surface area contributed by atoms with Gasteiger partial charge in [-0.15, -0.1) is 11.3 Å². The summed E-state index contributed by atoms with van der Waals surface area (Å²) in [6.45, 7) is 6.25. The number of anilines is 2. The summed E-state index contributed by atoms with van der Waals surface area (Å²) < 4.78 is 1.94. The predicted molar refractivity (Wildman–Crippen MR) is 93.1 cm³/mol. The summed E-state index contributed by atoms with van der Waals surface area (Å²) in [6, 6.07) is 0.252. The molecule has 0 atom stereocenters. The van der Waals surface area contributed by atoms with E-state index in [9.17, 15) is 4.79 Å². The van der Waals surface area contributed by atoms with E-state index in [1.54, 1.807) is 6.20 Å². The molecular weight excluding hydrogens is 310 g/mol. The molecule has 2 heterocycles. The first-order valence-corrected chi connectivity index (χ1v) is 8.91. The summed E-state index contributed by atoms with van der Waals surface area (Å²) in [4.78, 5) is 16.7. The molecule has 0 aromatic carbocycles. The number of aromatic nitrogens is 3. The molecule has 1 fully saturated rings. The number of carbonyl (C=O) groups excluding carboxylic acids is 1. The highest BCUT2D eigenvalue weighted by molar-refractivity contribution is 7.16. The Balaban J connectivity index is 1.61. The molecule has 0 radical (unpaired) electrons. The monoisotopic (exact) mass is 333 g/mol. The van der Waals surface area contributed by atoms with Crippen LogP contribution in [0.3, 0.4) is 0 Å². The molecule has 7 heteroatoms. The van der Waals surface area contributed by atoms with E-state index < -0.39 is 0 Å². The average Bonchev–Trinajstić information content (AvgIpc) is 2.94. The van der Waals surface area contributed by atoms with Crippen LogP contribution in [0.1, 0.15) is 49.9 Å². The van der Waals surface area contributed by atoms with Crippen LogP contribution in [0.15, 0.2) is 12.4 Å². The first-order valence-electron chi connectivity index (χ1n) is 8.09. The zero-order valence-electron chi connectivity index (χ0n) is 13.8. The van der Waals surface area contributed by atoms with Crippen LogP contribution in [0.25, 0.3) is 0 Å². The minimum absolute atomic E-state index is 0.244. The largest absolute Gasteiger partial charge is 0.324 e. The van der Waals surface area contributed by atoms with Crippen molar-refractivity contribution in [3.05, 3.63) is 23.1 Å². The van der Waals surface area contributed by atoms with Gasteiger partial charge in [-0.25, -0.2) is 9.78 Å². The molecule has 3 rings (SSSR count). The fourth-order valence-corrected chi connectivity index (χ4v) is 3.45. The van der Waals surface area contributed by atoms with Crippen LogP contribution in [0.2, 0.25) is 0 Å². The number of carbonyl (C=O) groups is 1. The van der Waals surface area contributed by atoms with E-state index >= 15 is 0 Å². The second-order valence-electron chi connectivity index (χ2n) is 6.48. The number of amides is 2. The van der Waals surface area contributed by atoms with E-state index in [4.69, 9.17) is 0 Å². The molecule has 1 aliphatic carbocycles. The number of rotatable bonds is 5. The highest BCUT2D eigenvalue weighted by Crippen LogP contribution is 2.31. The third-order valence-electron chi connectivity index (χ3n) is 3.94. The first kappa shape index (κ1) is 16.0. The minimum atomic E-state index is -0.244. The molecule has 2 aromatic rings. The van der Waals surface area contributed by atoms with Crippen LogP contribution in [-0.4, -0.2) is 20.8 Å². The Morgan fingerprint density at radius 1 is 1.43 bits per heavy atom. The van der Waals surface area contributed by atoms with Gasteiger partial charge in [0.1, 0.15) is 5.00 Å². The lowest BCUT2D eigenvalue weighted by Gasteiger charge is -2.25. The molecule has 6 nitrogen and oxygen atoms in total. The summed E-state index contributed by atoms with van der Waals surface area (Å²) in [5, 5.41) is 11.9. The van der Waals surface area contributed by atoms with Gasteiger partial charge in [0.2, 0.25) is 0 Å². The smallest absolute Gasteiger partial charge is 0.305 e. The molecule has 2 amide bonds. The summed E-state index contributed by atoms with van der Waals surface area (Å²) in [7, 11) is 0. The predicted octanol–water partition coefficient (Wildman–Crippen LogP) is 4.22. The summed E-state index contributed by atoms with van der Waals surface area (Å²) in [5.41, 5.74) is 1.68. The zero-order chi connectivity index (χ0) is 16.4. The maximum Gasteiger partial charge on any atom is 0.324 e. The van der Waals surface area contributed by atoms with Crippen LogP contribution in [-0.2, 0) is 6.42 Å². The van der Waals surface area contributed by atoms with Crippen molar-refractivity contribution in [1.29, 1.82) is 0 Å². The van der Waals surface area contributed by atoms with Gasteiger partial charge < -0.3 is 5.32 Å². The van der Waals surface area contributed by atoms with Gasteiger partial charge in [-0.2, -0.15) is 5.10 Å². The topological polar surface area (TPSA) is 71.8 Å². The number of nitrogens with one attached hydrogen (secondary N) is 2. The fourth-order valence-electron chi connectivity index (χ4n) is 2.61. The van der Waals surface area contributed by atoms with E-state index in [2.05, 4.69) is 34.6 Å². The van der Waals surface area contributed by atoms with Crippen molar-refractivity contribution in [1.82, 2.24) is 14.8 Å². The molecule has 0 aliphatic heterocycles. The van der Waals surface area contributed by atoms with Gasteiger partial charge in [-0.3, -0.25) is 10.00 Å². The van der Waals surface area contributed by atoms with Crippen LogP contribution in [0.5, 0.6) is 0 Å². The lowest BCUT2D eigenvalue weighted by atomic mass is 9.93. The Bertz CT molecular complexity index is 686. The van der Waals surface area contributed by atoms with Crippen molar-refractivity contribution in [2.45, 2.75) is 52.5 Å². The third-order valence-corrected chi connectivity index (χ3v) is 4.87. The first-order chi connectivity index (χ1) is 11.0. The van der Waals surface area contributed by atoms with Gasteiger partial charge in [-0.1, -0.05) is 13.8 Å². The maximum absolute atomic E-state index is 12.2. The number of aryl methyl sites for hydroxylation is 1. The average molecular weight is 333 g/mol. The van der Waals surface area contributed by atoms with E-state index in [0.717, 1.165) is 27.8 Å². The van der Waals surface area contributed by atoms with E-state index in [-0.39, 0.29) is 6.03 Å². The molecule has 0 unspecified atom stereocenters. The van der Waals surface area contributed by atoms with Crippen molar-refractivity contribution in [2.75, 3.05) is 10.6 Å². The number of nitrogens with zero attached hydrogens (tertiary/aromatic N) is 3. The Labute approximate surface area is 140 Å². The lowest BCUT2D eigenvalue weighted by molar-refractivity contribution is 0.262. The van der Waals surface area contributed by atoms with Gasteiger partial charge in [0.05, 0.1) is 28.6 Å². The summed E-state index contributed by atoms with van der Waals surface area (Å²) in [6.07, 6.45) is 8.07. The van der Waals surface area contributed by atoms with E-state index in [0.29, 0.717) is 12.0 Å². The Morgan fingerprint density at radius 3 is 2.87 bits per heavy atom. The van der Waals surface area contributed by atoms with E-state index in [1.165, 1.54) is 30.6 Å². The highest BCUT2D eigenvalue weighted by Gasteiger charge is 2.20. The van der Waals surface area contributed by atoms with Crippen molar-refractivity contribution < 1.29 is 4.79 Å². The number of hydrogen-bond acceptors (Lipinski definition) is 4. The minimum Gasteiger partial charge on any atom is -0.305 e. The maximum atomic E-state index is 12.2. The van der Waals surface area contributed by atoms with Crippen molar-refractivity contribution in [2.24, 2.45) is 5.92 Å². The molecular formula is C16H23N5OS. The third kappa shape index (κ3) is 3.90. The highest BCUT2D eigenvalue weighted by atomic mass is 32.1. The van der Waals surface area contributed by atoms with E-state index in [1.807, 2.05) is 17.8 Å². The zero-order valence-corrected chi connectivity index (χ0v) is 14.6. The van der Waals surface area contributed by atoms with Crippen LogP contribution in [0, 0.1) is 12.8 Å². The summed E-state index contributed by atoms with van der Waals surface area (Å²) >= 11 is 1.51. The normalized spacial score (nSPS) is 14.8. The molecule has 0 saturated heterocycles. The second kappa shape index (κ2) is 6.70. The van der Waals surface area contributed by atoms with Crippen molar-refractivity contribution in [3.8, 4) is 0 Å². The van der Waals surface area contributed by atoms with Crippen molar-refractivity contribution >= 4 is 28.1 Å². The van der Waals surface area contributed by atoms with Crippen LogP contribution >= 0.6 is 11.3 Å². The van der Waals surface area contributed by atoms with Gasteiger partial charge in [0.25, 0.3) is 0 Å². The van der Waals surface area contributed by atoms with Crippen LogP contribution < -0.4 is 10.6 Å². The van der Waals surface area contributed by atoms with Gasteiger partial charge >= 0.3 is 6.03 Å². The second-order valence-corrected chi connectivity index (χ2v) is 7.68. The quantitative estimate of drug-likeness (QED) is 0.860. The summed E-state index contributed by atoms with van der Waals surface area (Å²) in [5.74, 6) is 0.501. The Morgan fingerprint density at radius 2 is 2.22 bits per heavy atom. The lowest BCUT2D eigenvalue weighted by Crippen LogP contribution is -2.20. The van der Waals surface area contributed by atoms with Crippen LogP contribution in [0.4, 0.5) is 15.5 Å². The molecule has 1 saturated carbocycles. The number of hydrogen-bond donors (Lipinski definition) is 2. The Kier molecular flexibility index (Phi) is 4.66. The standard InChI is InChI=1S/C16H23N5OS/c1-10(2)7-14-15(23-11(3)18-14)20-16(22)19-12-8-17-21(9-12)13-5-4-6-13/h8-10,13H,4-7H2,1-3H3,(H2,19,20,22). The molecule has 0 spiro atoms. The molecule has 1 aliphatic rings. The molecule has 0 bridgehead atoms.